The molecule has 162 valence electrons. The van der Waals surface area contributed by atoms with Gasteiger partial charge in [-0.2, -0.15) is 0 Å². The normalized spacial score (nSPS) is 13.9. The van der Waals surface area contributed by atoms with Crippen LogP contribution in [0.3, 0.4) is 0 Å². The number of aromatic amines is 1. The van der Waals surface area contributed by atoms with Crippen molar-refractivity contribution in [3.63, 3.8) is 0 Å². The van der Waals surface area contributed by atoms with Gasteiger partial charge < -0.3 is 10.7 Å². The van der Waals surface area contributed by atoms with Crippen LogP contribution in [0, 0.1) is 0 Å². The summed E-state index contributed by atoms with van der Waals surface area (Å²) in [4.78, 5) is 3.32. The minimum absolute atomic E-state index is 0.293. The molecule has 0 radical (unpaired) electrons. The zero-order valence-corrected chi connectivity index (χ0v) is 18.6. The quantitative estimate of drug-likeness (QED) is 0.338. The molecule has 2 aromatic heterocycles. The van der Waals surface area contributed by atoms with Gasteiger partial charge in [-0.3, -0.25) is 5.43 Å². The van der Waals surface area contributed by atoms with E-state index in [4.69, 9.17) is 5.73 Å². The summed E-state index contributed by atoms with van der Waals surface area (Å²) in [6, 6.07) is 26.9. The number of hydrogen-bond acceptors (Lipinski definition) is 5. The molecule has 0 bridgehead atoms. The van der Waals surface area contributed by atoms with Gasteiger partial charge in [-0.25, -0.2) is 4.68 Å². The molecule has 1 atom stereocenters. The van der Waals surface area contributed by atoms with Crippen molar-refractivity contribution in [2.75, 3.05) is 5.43 Å². The largest absolute Gasteiger partial charge is 0.361 e. The molecule has 0 fully saturated rings. The van der Waals surface area contributed by atoms with Crippen molar-refractivity contribution in [1.82, 2.24) is 19.9 Å². The van der Waals surface area contributed by atoms with Gasteiger partial charge in [0.25, 0.3) is 0 Å². The fourth-order valence-corrected chi connectivity index (χ4v) is 4.94. The van der Waals surface area contributed by atoms with Crippen LogP contribution < -0.4 is 11.2 Å². The van der Waals surface area contributed by atoms with Crippen molar-refractivity contribution in [1.29, 1.82) is 0 Å². The summed E-state index contributed by atoms with van der Waals surface area (Å²) in [5, 5.41) is 12.8. The van der Waals surface area contributed by atoms with Crippen molar-refractivity contribution in [3.05, 3.63) is 107 Å². The Labute approximate surface area is 195 Å². The number of aromatic nitrogens is 4. The van der Waals surface area contributed by atoms with Crippen molar-refractivity contribution in [2.24, 2.45) is 5.73 Å². The van der Waals surface area contributed by atoms with E-state index in [1.54, 1.807) is 11.8 Å². The Hall–Kier alpha value is -3.81. The number of nitrogens with one attached hydrogen (secondary N) is 2. The van der Waals surface area contributed by atoms with Crippen molar-refractivity contribution in [2.45, 2.75) is 17.6 Å². The number of para-hydroxylation sites is 1. The summed E-state index contributed by atoms with van der Waals surface area (Å²) in [6.45, 7) is 0. The smallest absolute Gasteiger partial charge is 0.214 e. The summed E-state index contributed by atoms with van der Waals surface area (Å²) >= 11 is 1.54. The first-order valence-electron chi connectivity index (χ1n) is 10.8. The molecule has 0 aliphatic carbocycles. The lowest BCUT2D eigenvalue weighted by atomic mass is 10.0. The molecule has 1 aliphatic heterocycles. The van der Waals surface area contributed by atoms with Crippen LogP contribution in [0.2, 0.25) is 0 Å². The Morgan fingerprint density at radius 2 is 1.58 bits per heavy atom. The van der Waals surface area contributed by atoms with Crippen LogP contribution in [-0.4, -0.2) is 19.9 Å². The van der Waals surface area contributed by atoms with Gasteiger partial charge in [0.05, 0.1) is 11.7 Å². The average molecular weight is 451 g/mol. The standard InChI is InChI=1S/C26H22N6S/c27-22(14-20-15-28-23-9-5-4-8-21(20)23)25-29-30-26-32(25)31-24(16-33-26)19-12-10-18(11-13-19)17-6-2-1-3-7-17/h1-13,15-16,22,28,31H,14,27H2/t22-/m0/s1. The summed E-state index contributed by atoms with van der Waals surface area (Å²) in [6.07, 6.45) is 2.69. The third-order valence-electron chi connectivity index (χ3n) is 5.92. The highest BCUT2D eigenvalue weighted by atomic mass is 32.2. The first-order valence-corrected chi connectivity index (χ1v) is 11.7. The van der Waals surface area contributed by atoms with Crippen LogP contribution in [0.25, 0.3) is 27.7 Å². The molecular weight excluding hydrogens is 428 g/mol. The first-order chi connectivity index (χ1) is 16.3. The lowest BCUT2D eigenvalue weighted by Gasteiger charge is -2.21. The van der Waals surface area contributed by atoms with E-state index in [2.05, 4.69) is 86.7 Å². The van der Waals surface area contributed by atoms with Gasteiger partial charge in [-0.1, -0.05) is 84.6 Å². The lowest BCUT2D eigenvalue weighted by Crippen LogP contribution is -2.25. The second kappa shape index (κ2) is 8.27. The SMILES string of the molecule is N[C@@H](Cc1c[nH]c2ccccc12)c1nnc2n1NC(c1ccc(-c3ccccc3)cc1)=CS2. The van der Waals surface area contributed by atoms with Gasteiger partial charge in [0.15, 0.2) is 5.82 Å². The summed E-state index contributed by atoms with van der Waals surface area (Å²) in [5.41, 5.74) is 16.8. The van der Waals surface area contributed by atoms with E-state index in [0.717, 1.165) is 21.9 Å². The third kappa shape index (κ3) is 3.71. The fraction of sp³-hybridized carbons (Fsp3) is 0.0769. The number of nitrogens with zero attached hydrogens (tertiary/aromatic N) is 3. The predicted molar refractivity (Wildman–Crippen MR) is 134 cm³/mol. The average Bonchev–Trinajstić information content (AvgIpc) is 3.49. The van der Waals surface area contributed by atoms with Crippen LogP contribution in [0.5, 0.6) is 0 Å². The number of hydrogen-bond donors (Lipinski definition) is 3. The molecule has 3 aromatic carbocycles. The zero-order valence-electron chi connectivity index (χ0n) is 17.8. The molecule has 0 saturated carbocycles. The van der Waals surface area contributed by atoms with Crippen LogP contribution in [0.4, 0.5) is 0 Å². The predicted octanol–water partition coefficient (Wildman–Crippen LogP) is 5.32. The molecule has 4 N–H and O–H groups in total. The maximum atomic E-state index is 6.61. The van der Waals surface area contributed by atoms with Crippen LogP contribution in [0.1, 0.15) is 23.0 Å². The van der Waals surface area contributed by atoms with Gasteiger partial charge in [-0.15, -0.1) is 10.2 Å². The number of rotatable bonds is 5. The molecule has 33 heavy (non-hydrogen) atoms. The number of fused-ring (bicyclic) bond motifs is 2. The highest BCUT2D eigenvalue weighted by Crippen LogP contribution is 2.31. The van der Waals surface area contributed by atoms with Gasteiger partial charge in [0.2, 0.25) is 5.16 Å². The highest BCUT2D eigenvalue weighted by Gasteiger charge is 2.23. The van der Waals surface area contributed by atoms with E-state index in [1.165, 1.54) is 22.1 Å². The molecule has 7 heteroatoms. The molecule has 0 amide bonds. The monoisotopic (exact) mass is 450 g/mol. The molecule has 6 nitrogen and oxygen atoms in total. The lowest BCUT2D eigenvalue weighted by molar-refractivity contribution is 0.629. The molecule has 5 aromatic rings. The Bertz CT molecular complexity index is 1450. The first kappa shape index (κ1) is 19.8. The second-order valence-corrected chi connectivity index (χ2v) is 8.89. The Kier molecular flexibility index (Phi) is 4.97. The highest BCUT2D eigenvalue weighted by molar-refractivity contribution is 8.02. The molecular formula is C26H22N6S. The zero-order chi connectivity index (χ0) is 22.2. The van der Waals surface area contributed by atoms with Crippen molar-refractivity contribution < 1.29 is 0 Å². The Morgan fingerprint density at radius 1 is 0.848 bits per heavy atom. The second-order valence-electron chi connectivity index (χ2n) is 8.05. The van der Waals surface area contributed by atoms with Gasteiger partial charge >= 0.3 is 0 Å². The minimum atomic E-state index is -0.293. The molecule has 0 spiro atoms. The Morgan fingerprint density at radius 3 is 2.42 bits per heavy atom. The fourth-order valence-electron chi connectivity index (χ4n) is 4.20. The summed E-state index contributed by atoms with van der Waals surface area (Å²) in [5.74, 6) is 0.717. The summed E-state index contributed by atoms with van der Waals surface area (Å²) in [7, 11) is 0. The summed E-state index contributed by atoms with van der Waals surface area (Å²) < 4.78 is 1.91. The maximum Gasteiger partial charge on any atom is 0.214 e. The number of benzene rings is 3. The maximum absolute atomic E-state index is 6.61. The van der Waals surface area contributed by atoms with E-state index < -0.39 is 0 Å². The number of nitrogens with two attached hydrogens (primary N) is 1. The van der Waals surface area contributed by atoms with Crippen LogP contribution >= 0.6 is 11.8 Å². The van der Waals surface area contributed by atoms with E-state index in [-0.39, 0.29) is 6.04 Å². The molecule has 6 rings (SSSR count). The minimum Gasteiger partial charge on any atom is -0.361 e. The number of thioether (sulfide) groups is 1. The van der Waals surface area contributed by atoms with E-state index >= 15 is 0 Å². The Balaban J connectivity index is 1.23. The van der Waals surface area contributed by atoms with E-state index in [0.29, 0.717) is 12.2 Å². The van der Waals surface area contributed by atoms with Crippen molar-refractivity contribution in [3.8, 4) is 11.1 Å². The van der Waals surface area contributed by atoms with Gasteiger partial charge in [0, 0.05) is 22.5 Å². The molecule has 0 unspecified atom stereocenters. The molecule has 3 heterocycles. The van der Waals surface area contributed by atoms with Crippen molar-refractivity contribution >= 4 is 28.4 Å². The van der Waals surface area contributed by atoms with Crippen LogP contribution in [0.15, 0.2) is 95.6 Å². The third-order valence-corrected chi connectivity index (χ3v) is 6.75. The molecule has 1 aliphatic rings. The van der Waals surface area contributed by atoms with Gasteiger partial charge in [0.1, 0.15) is 0 Å². The topological polar surface area (TPSA) is 84.6 Å². The number of H-pyrrole nitrogens is 1. The van der Waals surface area contributed by atoms with E-state index in [1.807, 2.05) is 29.1 Å². The van der Waals surface area contributed by atoms with Gasteiger partial charge in [-0.05, 0) is 34.7 Å². The van der Waals surface area contributed by atoms with E-state index in [9.17, 15) is 0 Å². The molecule has 0 saturated heterocycles. The van der Waals surface area contributed by atoms with Crippen LogP contribution in [-0.2, 0) is 6.42 Å².